The number of amidine groups is 1. The normalized spacial score (nSPS) is 24.1. The van der Waals surface area contributed by atoms with E-state index in [1.165, 1.54) is 12.1 Å². The topological polar surface area (TPSA) is 67.5 Å². The molecule has 0 bridgehead atoms. The van der Waals surface area contributed by atoms with Crippen molar-refractivity contribution in [2.24, 2.45) is 10.7 Å². The van der Waals surface area contributed by atoms with Gasteiger partial charge in [0.2, 0.25) is 5.91 Å². The van der Waals surface area contributed by atoms with Crippen molar-refractivity contribution in [1.82, 2.24) is 5.32 Å². The molecule has 0 aromatic heterocycles. The number of carbonyl (C=O) groups is 1. The molecule has 1 aromatic carbocycles. The lowest BCUT2D eigenvalue weighted by molar-refractivity contribution is -0.120. The second kappa shape index (κ2) is 6.73. The van der Waals surface area contributed by atoms with Crippen LogP contribution in [0.4, 0.5) is 4.39 Å². The van der Waals surface area contributed by atoms with E-state index in [1.54, 1.807) is 19.1 Å². The number of hydrogen-bond acceptors (Lipinski definition) is 3. The Morgan fingerprint density at radius 1 is 1.45 bits per heavy atom. The predicted octanol–water partition coefficient (Wildman–Crippen LogP) is 2.86. The molecule has 1 unspecified atom stereocenters. The van der Waals surface area contributed by atoms with E-state index < -0.39 is 0 Å². The van der Waals surface area contributed by atoms with Gasteiger partial charge in [0.1, 0.15) is 11.7 Å². The van der Waals surface area contributed by atoms with Gasteiger partial charge in [0, 0.05) is 29.7 Å². The highest BCUT2D eigenvalue weighted by Gasteiger charge is 2.31. The van der Waals surface area contributed by atoms with Gasteiger partial charge in [-0.15, -0.1) is 0 Å². The Hall–Kier alpha value is -2.17. The van der Waals surface area contributed by atoms with Crippen molar-refractivity contribution >= 4 is 11.7 Å². The summed E-state index contributed by atoms with van der Waals surface area (Å²) >= 11 is 0. The largest absolute Gasteiger partial charge is 0.402 e. The maximum Gasteiger partial charge on any atom is 0.226 e. The second-order valence-corrected chi connectivity index (χ2v) is 5.69. The lowest BCUT2D eigenvalue weighted by Crippen LogP contribution is -2.41. The number of halogens is 1. The molecular formula is C17H22FN3O. The van der Waals surface area contributed by atoms with Gasteiger partial charge in [0.15, 0.2) is 0 Å². The van der Waals surface area contributed by atoms with Gasteiger partial charge in [-0.1, -0.05) is 19.1 Å². The van der Waals surface area contributed by atoms with Crippen LogP contribution in [0.25, 0.3) is 0 Å². The highest BCUT2D eigenvalue weighted by Crippen LogP contribution is 2.33. The van der Waals surface area contributed by atoms with E-state index in [1.807, 2.05) is 13.8 Å². The third-order valence-corrected chi connectivity index (χ3v) is 3.89. The average Bonchev–Trinajstić information content (AvgIpc) is 2.46. The number of carbonyl (C=O) groups excluding carboxylic acids is 1. The first-order valence-corrected chi connectivity index (χ1v) is 7.52. The molecule has 1 aromatic rings. The van der Waals surface area contributed by atoms with Crippen molar-refractivity contribution < 1.29 is 9.18 Å². The molecule has 0 spiro atoms. The molecule has 1 amide bonds. The highest BCUT2D eigenvalue weighted by molar-refractivity contribution is 6.12. The minimum atomic E-state index is -0.299. The first-order valence-electron chi connectivity index (χ1n) is 7.52. The first kappa shape index (κ1) is 16.2. The van der Waals surface area contributed by atoms with Gasteiger partial charge in [-0.05, 0) is 38.0 Å². The number of nitrogens with zero attached hydrogens (tertiary/aromatic N) is 1. The molecule has 1 aliphatic heterocycles. The SMILES string of the molecule is CCC(C)N=C1NC(=O)C[C@@H](c2ccc(F)cc2)/C1=C(\C)N. The van der Waals surface area contributed by atoms with Crippen LogP contribution in [0, 0.1) is 5.82 Å². The van der Waals surface area contributed by atoms with Crippen molar-refractivity contribution in [3.63, 3.8) is 0 Å². The van der Waals surface area contributed by atoms with Crippen LogP contribution in [0.2, 0.25) is 0 Å². The summed E-state index contributed by atoms with van der Waals surface area (Å²) in [7, 11) is 0. The standard InChI is InChI=1S/C17H22FN3O/c1-4-10(2)20-17-16(11(3)19)14(9-15(22)21-17)12-5-7-13(18)8-6-12/h5-8,10,14H,4,9,19H2,1-3H3,(H,20,21,22)/b16-11-/t10?,14-/m0/s1. The fourth-order valence-electron chi connectivity index (χ4n) is 2.56. The number of amides is 1. The maximum atomic E-state index is 13.1. The molecule has 1 aliphatic rings. The smallest absolute Gasteiger partial charge is 0.226 e. The Labute approximate surface area is 130 Å². The molecule has 2 atom stereocenters. The molecule has 1 heterocycles. The molecule has 3 N–H and O–H groups in total. The number of aliphatic imine (C=N–C) groups is 1. The minimum Gasteiger partial charge on any atom is -0.402 e. The van der Waals surface area contributed by atoms with Gasteiger partial charge in [0.25, 0.3) is 0 Å². The zero-order valence-electron chi connectivity index (χ0n) is 13.2. The number of hydrogen-bond donors (Lipinski definition) is 2. The quantitative estimate of drug-likeness (QED) is 0.901. The van der Waals surface area contributed by atoms with Crippen molar-refractivity contribution in [3.8, 4) is 0 Å². The van der Waals surface area contributed by atoms with Crippen LogP contribution < -0.4 is 11.1 Å². The van der Waals surface area contributed by atoms with Crippen LogP contribution in [-0.4, -0.2) is 17.8 Å². The van der Waals surface area contributed by atoms with Crippen molar-refractivity contribution in [2.75, 3.05) is 0 Å². The number of rotatable bonds is 3. The lowest BCUT2D eigenvalue weighted by Gasteiger charge is -2.29. The van der Waals surface area contributed by atoms with Gasteiger partial charge in [-0.2, -0.15) is 0 Å². The summed E-state index contributed by atoms with van der Waals surface area (Å²) in [5.74, 6) is -0.0454. The molecule has 118 valence electrons. The van der Waals surface area contributed by atoms with E-state index >= 15 is 0 Å². The number of benzene rings is 1. The number of piperidine rings is 1. The Kier molecular flexibility index (Phi) is 4.96. The van der Waals surface area contributed by atoms with Gasteiger partial charge in [-0.25, -0.2) is 4.39 Å². The Morgan fingerprint density at radius 2 is 2.09 bits per heavy atom. The third-order valence-electron chi connectivity index (χ3n) is 3.89. The van der Waals surface area contributed by atoms with E-state index in [9.17, 15) is 9.18 Å². The first-order chi connectivity index (χ1) is 10.4. The molecule has 22 heavy (non-hydrogen) atoms. The van der Waals surface area contributed by atoms with E-state index in [0.717, 1.165) is 17.6 Å². The third kappa shape index (κ3) is 3.53. The summed E-state index contributed by atoms with van der Waals surface area (Å²) < 4.78 is 13.1. The summed E-state index contributed by atoms with van der Waals surface area (Å²) in [5, 5.41) is 2.82. The van der Waals surface area contributed by atoms with Crippen LogP contribution in [0.5, 0.6) is 0 Å². The fourth-order valence-corrected chi connectivity index (χ4v) is 2.56. The molecule has 1 saturated heterocycles. The predicted molar refractivity (Wildman–Crippen MR) is 86.0 cm³/mol. The van der Waals surface area contributed by atoms with Gasteiger partial charge in [-0.3, -0.25) is 9.79 Å². The van der Waals surface area contributed by atoms with Gasteiger partial charge >= 0.3 is 0 Å². The van der Waals surface area contributed by atoms with E-state index in [2.05, 4.69) is 10.3 Å². The van der Waals surface area contributed by atoms with Crippen molar-refractivity contribution in [2.45, 2.75) is 45.6 Å². The average molecular weight is 303 g/mol. The Bertz CT molecular complexity index is 615. The highest BCUT2D eigenvalue weighted by atomic mass is 19.1. The Balaban J connectivity index is 2.47. The van der Waals surface area contributed by atoms with Crippen molar-refractivity contribution in [3.05, 3.63) is 46.9 Å². The molecule has 0 saturated carbocycles. The molecule has 5 heteroatoms. The van der Waals surface area contributed by atoms with E-state index in [4.69, 9.17) is 5.73 Å². The van der Waals surface area contributed by atoms with Gasteiger partial charge in [0.05, 0.1) is 0 Å². The van der Waals surface area contributed by atoms with Crippen LogP contribution >= 0.6 is 0 Å². The Morgan fingerprint density at radius 3 is 2.64 bits per heavy atom. The zero-order valence-corrected chi connectivity index (χ0v) is 13.2. The second-order valence-electron chi connectivity index (χ2n) is 5.69. The summed E-state index contributed by atoms with van der Waals surface area (Å²) in [4.78, 5) is 16.6. The maximum absolute atomic E-state index is 13.1. The number of nitrogens with one attached hydrogen (secondary N) is 1. The molecule has 0 aliphatic carbocycles. The van der Waals surface area contributed by atoms with E-state index in [-0.39, 0.29) is 30.1 Å². The van der Waals surface area contributed by atoms with Crippen LogP contribution in [0.1, 0.15) is 45.1 Å². The molecule has 2 rings (SSSR count). The number of nitrogens with two attached hydrogens (primary N) is 1. The van der Waals surface area contributed by atoms with Gasteiger partial charge < -0.3 is 11.1 Å². The zero-order chi connectivity index (χ0) is 16.3. The number of allylic oxidation sites excluding steroid dienone is 1. The van der Waals surface area contributed by atoms with Crippen LogP contribution in [0.15, 0.2) is 40.5 Å². The summed E-state index contributed by atoms with van der Waals surface area (Å²) in [6, 6.07) is 6.29. The van der Waals surface area contributed by atoms with Crippen molar-refractivity contribution in [1.29, 1.82) is 0 Å². The van der Waals surface area contributed by atoms with Crippen LogP contribution in [0.3, 0.4) is 0 Å². The molecular weight excluding hydrogens is 281 g/mol. The molecule has 1 fully saturated rings. The summed E-state index contributed by atoms with van der Waals surface area (Å²) in [5.41, 5.74) is 8.37. The summed E-state index contributed by atoms with van der Waals surface area (Å²) in [6.07, 6.45) is 1.16. The molecule has 0 radical (unpaired) electrons. The summed E-state index contributed by atoms with van der Waals surface area (Å²) in [6.45, 7) is 5.83. The lowest BCUT2D eigenvalue weighted by atomic mass is 9.83. The van der Waals surface area contributed by atoms with E-state index in [0.29, 0.717) is 11.5 Å². The molecule has 4 nitrogen and oxygen atoms in total. The minimum absolute atomic E-state index is 0.0941. The van der Waals surface area contributed by atoms with Crippen LogP contribution in [-0.2, 0) is 4.79 Å². The monoisotopic (exact) mass is 303 g/mol. The fraction of sp³-hybridized carbons (Fsp3) is 0.412.